The summed E-state index contributed by atoms with van der Waals surface area (Å²) in [5, 5.41) is 5.57. The van der Waals surface area contributed by atoms with Crippen LogP contribution < -0.4 is 0 Å². The third-order valence-corrected chi connectivity index (χ3v) is 9.06. The molecule has 4 heterocycles. The first-order valence-corrected chi connectivity index (χ1v) is 12.3. The van der Waals surface area contributed by atoms with Gasteiger partial charge in [-0.15, -0.1) is 11.3 Å². The third-order valence-electron chi connectivity index (χ3n) is 5.78. The first-order chi connectivity index (χ1) is 13.8. The van der Waals surface area contributed by atoms with Crippen molar-refractivity contribution in [1.29, 1.82) is 0 Å². The fraction of sp³-hybridized carbons (Fsp3) is 0.632. The van der Waals surface area contributed by atoms with E-state index in [0.29, 0.717) is 36.2 Å². The lowest BCUT2D eigenvalue weighted by Crippen LogP contribution is -2.48. The van der Waals surface area contributed by atoms with Gasteiger partial charge >= 0.3 is 0 Å². The van der Waals surface area contributed by atoms with Crippen molar-refractivity contribution in [3.05, 3.63) is 17.3 Å². The smallest absolute Gasteiger partial charge is 0.252 e. The highest BCUT2D eigenvalue weighted by Crippen LogP contribution is 2.32. The number of nitrogens with zero attached hydrogens (tertiary/aromatic N) is 4. The summed E-state index contributed by atoms with van der Waals surface area (Å²) in [5.41, 5.74) is 0.623. The average Bonchev–Trinajstić information content (AvgIpc) is 3.37. The zero-order valence-electron chi connectivity index (χ0n) is 16.7. The van der Waals surface area contributed by atoms with Crippen LogP contribution in [0.3, 0.4) is 0 Å². The molecule has 1 atom stereocenters. The number of hydrogen-bond donors (Lipinski definition) is 0. The minimum atomic E-state index is -3.65. The molecule has 2 fully saturated rings. The summed E-state index contributed by atoms with van der Waals surface area (Å²) in [6.45, 7) is 6.15. The monoisotopic (exact) mass is 438 g/mol. The van der Waals surface area contributed by atoms with Gasteiger partial charge in [0.25, 0.3) is 10.0 Å². The van der Waals surface area contributed by atoms with Crippen LogP contribution in [-0.2, 0) is 14.8 Å². The maximum atomic E-state index is 13.2. The van der Waals surface area contributed by atoms with Crippen LogP contribution in [0.15, 0.2) is 20.2 Å². The molecule has 2 aliphatic rings. The summed E-state index contributed by atoms with van der Waals surface area (Å²) in [5.74, 6) is 1.31. The van der Waals surface area contributed by atoms with E-state index < -0.39 is 10.0 Å². The van der Waals surface area contributed by atoms with Gasteiger partial charge in [0.1, 0.15) is 4.21 Å². The van der Waals surface area contributed by atoms with Gasteiger partial charge in [0.05, 0.1) is 5.92 Å². The largest absolute Gasteiger partial charge is 0.342 e. The number of aryl methyl sites for hydroxylation is 1. The zero-order valence-corrected chi connectivity index (χ0v) is 18.3. The summed E-state index contributed by atoms with van der Waals surface area (Å²) < 4.78 is 33.0. The molecule has 1 unspecified atom stereocenters. The minimum absolute atomic E-state index is 0.103. The van der Waals surface area contributed by atoms with Gasteiger partial charge in [-0.3, -0.25) is 4.79 Å². The van der Waals surface area contributed by atoms with E-state index in [9.17, 15) is 13.2 Å². The fourth-order valence-corrected chi connectivity index (χ4v) is 6.80. The average molecular weight is 439 g/mol. The van der Waals surface area contributed by atoms with Crippen LogP contribution in [0, 0.1) is 18.8 Å². The maximum absolute atomic E-state index is 13.2. The molecule has 4 rings (SSSR count). The van der Waals surface area contributed by atoms with E-state index in [4.69, 9.17) is 4.52 Å². The number of rotatable bonds is 4. The molecule has 2 saturated heterocycles. The molecule has 0 bridgehead atoms. The van der Waals surface area contributed by atoms with E-state index in [-0.39, 0.29) is 22.6 Å². The van der Waals surface area contributed by atoms with Crippen molar-refractivity contribution < 1.29 is 17.7 Å². The second-order valence-corrected chi connectivity index (χ2v) is 11.1. The van der Waals surface area contributed by atoms with Gasteiger partial charge in [0.2, 0.25) is 17.6 Å². The van der Waals surface area contributed by atoms with Gasteiger partial charge in [-0.2, -0.15) is 9.29 Å². The quantitative estimate of drug-likeness (QED) is 0.728. The van der Waals surface area contributed by atoms with Crippen molar-refractivity contribution >= 4 is 27.3 Å². The van der Waals surface area contributed by atoms with E-state index in [1.165, 1.54) is 4.31 Å². The first-order valence-electron chi connectivity index (χ1n) is 10.0. The van der Waals surface area contributed by atoms with Gasteiger partial charge in [0, 0.05) is 44.0 Å². The molecule has 0 aliphatic carbocycles. The molecule has 8 nitrogen and oxygen atoms in total. The SMILES string of the molecule is Cc1nc(-c2csc(S(=O)(=O)N3CCCC(C(=O)N4CCC(C)CC4)C3)c2)no1. The molecule has 158 valence electrons. The highest BCUT2D eigenvalue weighted by Gasteiger charge is 2.36. The van der Waals surface area contributed by atoms with Gasteiger partial charge in [0.15, 0.2) is 0 Å². The lowest BCUT2D eigenvalue weighted by molar-refractivity contribution is -0.138. The van der Waals surface area contributed by atoms with Crippen LogP contribution in [0.25, 0.3) is 11.4 Å². The molecule has 0 aromatic carbocycles. The molecular formula is C19H26N4O4S2. The topological polar surface area (TPSA) is 96.6 Å². The molecule has 29 heavy (non-hydrogen) atoms. The van der Waals surface area contributed by atoms with Crippen molar-refractivity contribution in [3.8, 4) is 11.4 Å². The van der Waals surface area contributed by atoms with Crippen molar-refractivity contribution in [3.63, 3.8) is 0 Å². The van der Waals surface area contributed by atoms with Crippen molar-refractivity contribution in [2.24, 2.45) is 11.8 Å². The molecule has 2 aromatic heterocycles. The van der Waals surface area contributed by atoms with Crippen LogP contribution in [-0.4, -0.2) is 59.8 Å². The number of hydrogen-bond acceptors (Lipinski definition) is 7. The predicted molar refractivity (Wildman–Crippen MR) is 109 cm³/mol. The number of carbonyl (C=O) groups excluding carboxylic acids is 1. The zero-order chi connectivity index (χ0) is 20.6. The second kappa shape index (κ2) is 8.16. The van der Waals surface area contributed by atoms with Crippen LogP contribution in [0.2, 0.25) is 0 Å². The molecule has 0 radical (unpaired) electrons. The molecule has 0 N–H and O–H groups in total. The predicted octanol–water partition coefficient (Wildman–Crippen LogP) is 2.77. The van der Waals surface area contributed by atoms with E-state index in [2.05, 4.69) is 17.1 Å². The Bertz CT molecular complexity index is 976. The lowest BCUT2D eigenvalue weighted by atomic mass is 9.94. The summed E-state index contributed by atoms with van der Waals surface area (Å²) in [6, 6.07) is 1.59. The Morgan fingerprint density at radius 1 is 1.24 bits per heavy atom. The molecule has 10 heteroatoms. The van der Waals surface area contributed by atoms with E-state index >= 15 is 0 Å². The second-order valence-electron chi connectivity index (χ2n) is 8.00. The van der Waals surface area contributed by atoms with Gasteiger partial charge < -0.3 is 9.42 Å². The Balaban J connectivity index is 1.47. The summed E-state index contributed by atoms with van der Waals surface area (Å²) >= 11 is 1.15. The number of aromatic nitrogens is 2. The highest BCUT2D eigenvalue weighted by atomic mass is 32.2. The summed E-state index contributed by atoms with van der Waals surface area (Å²) in [4.78, 5) is 19.0. The van der Waals surface area contributed by atoms with Crippen LogP contribution in [0.5, 0.6) is 0 Å². The summed E-state index contributed by atoms with van der Waals surface area (Å²) in [6.07, 6.45) is 3.49. The molecule has 2 aromatic rings. The van der Waals surface area contributed by atoms with Crippen molar-refractivity contribution in [2.75, 3.05) is 26.2 Å². The number of carbonyl (C=O) groups is 1. The maximum Gasteiger partial charge on any atom is 0.252 e. The third kappa shape index (κ3) is 4.24. The van der Waals surface area contributed by atoms with Crippen molar-refractivity contribution in [2.45, 2.75) is 43.7 Å². The first kappa shape index (κ1) is 20.5. The summed E-state index contributed by atoms with van der Waals surface area (Å²) in [7, 11) is -3.65. The van der Waals surface area contributed by atoms with E-state index in [1.807, 2.05) is 4.90 Å². The number of amides is 1. The molecular weight excluding hydrogens is 412 g/mol. The Morgan fingerprint density at radius 2 is 2.00 bits per heavy atom. The van der Waals surface area contributed by atoms with Crippen LogP contribution in [0.4, 0.5) is 0 Å². The number of piperidine rings is 2. The minimum Gasteiger partial charge on any atom is -0.342 e. The Hall–Kier alpha value is -1.78. The Kier molecular flexibility index (Phi) is 5.76. The van der Waals surface area contributed by atoms with E-state index in [1.54, 1.807) is 18.4 Å². The van der Waals surface area contributed by atoms with Gasteiger partial charge in [-0.05, 0) is 37.7 Å². The normalized spacial score (nSPS) is 22.1. The lowest BCUT2D eigenvalue weighted by Gasteiger charge is -2.36. The number of sulfonamides is 1. The fourth-order valence-electron chi connectivity index (χ4n) is 3.96. The van der Waals surface area contributed by atoms with Crippen LogP contribution in [0.1, 0.15) is 38.5 Å². The highest BCUT2D eigenvalue weighted by molar-refractivity contribution is 7.91. The van der Waals surface area contributed by atoms with Crippen molar-refractivity contribution in [1.82, 2.24) is 19.3 Å². The molecule has 0 spiro atoms. The van der Waals surface area contributed by atoms with Crippen LogP contribution >= 0.6 is 11.3 Å². The Labute approximate surface area is 174 Å². The van der Waals surface area contributed by atoms with E-state index in [0.717, 1.165) is 43.7 Å². The van der Waals surface area contributed by atoms with Gasteiger partial charge in [-0.25, -0.2) is 8.42 Å². The number of thiophene rings is 1. The molecule has 2 aliphatic heterocycles. The standard InChI is InChI=1S/C19H26N4O4S2/c1-13-5-8-22(9-6-13)19(24)15-4-3-7-23(11-15)29(25,26)17-10-16(12-28-17)18-20-14(2)27-21-18/h10,12-13,15H,3-9,11H2,1-2H3. The Morgan fingerprint density at radius 3 is 2.69 bits per heavy atom. The molecule has 0 saturated carbocycles. The number of likely N-dealkylation sites (tertiary alicyclic amines) is 1. The van der Waals surface area contributed by atoms with Gasteiger partial charge in [-0.1, -0.05) is 12.1 Å². The molecule has 1 amide bonds.